The summed E-state index contributed by atoms with van der Waals surface area (Å²) in [6.07, 6.45) is 3.50. The minimum atomic E-state index is 0.00328. The average molecular weight is 234 g/mol. The maximum Gasteiger partial charge on any atom is 0.320 e. The van der Waals surface area contributed by atoms with Gasteiger partial charge in [0.05, 0.1) is 6.04 Å². The van der Waals surface area contributed by atoms with Crippen molar-refractivity contribution in [1.29, 1.82) is 0 Å². The highest BCUT2D eigenvalue weighted by atomic mass is 16.2. The van der Waals surface area contributed by atoms with Gasteiger partial charge in [0.1, 0.15) is 0 Å². The molecular formula is C12H18N4O. The number of amides is 2. The normalized spacial score (nSPS) is 22.1. The molecule has 2 heterocycles. The van der Waals surface area contributed by atoms with Crippen LogP contribution in [0, 0.1) is 0 Å². The number of nitrogens with zero attached hydrogens (tertiary/aromatic N) is 3. The van der Waals surface area contributed by atoms with Gasteiger partial charge in [0.25, 0.3) is 0 Å². The molecule has 0 radical (unpaired) electrons. The third-order valence-corrected chi connectivity index (χ3v) is 3.03. The van der Waals surface area contributed by atoms with Crippen LogP contribution in [0.2, 0.25) is 0 Å². The van der Waals surface area contributed by atoms with Gasteiger partial charge in [-0.25, -0.2) is 4.79 Å². The third-order valence-electron chi connectivity index (χ3n) is 3.03. The summed E-state index contributed by atoms with van der Waals surface area (Å²) in [4.78, 5) is 19.6. The number of nitrogens with two attached hydrogens (primary N) is 1. The highest BCUT2D eigenvalue weighted by Crippen LogP contribution is 2.27. The van der Waals surface area contributed by atoms with E-state index < -0.39 is 0 Å². The van der Waals surface area contributed by atoms with Crippen LogP contribution in [-0.4, -0.2) is 47.0 Å². The molecule has 1 aromatic heterocycles. The smallest absolute Gasteiger partial charge is 0.320 e. The fourth-order valence-electron chi connectivity index (χ4n) is 2.18. The lowest BCUT2D eigenvalue weighted by Gasteiger charge is -2.17. The zero-order chi connectivity index (χ0) is 12.4. The van der Waals surface area contributed by atoms with E-state index in [-0.39, 0.29) is 18.1 Å². The Hall–Kier alpha value is -1.62. The average Bonchev–Trinajstić information content (AvgIpc) is 2.58. The molecule has 2 unspecified atom stereocenters. The Kier molecular flexibility index (Phi) is 3.28. The van der Waals surface area contributed by atoms with Crippen LogP contribution >= 0.6 is 0 Å². The van der Waals surface area contributed by atoms with Gasteiger partial charge in [-0.05, 0) is 24.6 Å². The summed E-state index contributed by atoms with van der Waals surface area (Å²) in [7, 11) is 1.83. The largest absolute Gasteiger partial charge is 0.326 e. The Morgan fingerprint density at radius 2 is 2.18 bits per heavy atom. The number of hydrogen-bond acceptors (Lipinski definition) is 3. The van der Waals surface area contributed by atoms with E-state index in [0.717, 1.165) is 5.56 Å². The SMILES string of the molecule is CC(N)CN1CC(c2ccncc2)N(C)C1=O. The van der Waals surface area contributed by atoms with E-state index in [1.165, 1.54) is 0 Å². The van der Waals surface area contributed by atoms with Crippen molar-refractivity contribution < 1.29 is 4.79 Å². The molecular weight excluding hydrogens is 216 g/mol. The minimum Gasteiger partial charge on any atom is -0.326 e. The maximum atomic E-state index is 12.0. The van der Waals surface area contributed by atoms with Gasteiger partial charge in [0, 0.05) is 38.6 Å². The van der Waals surface area contributed by atoms with Crippen LogP contribution in [0.1, 0.15) is 18.5 Å². The molecule has 2 amide bonds. The number of aromatic nitrogens is 1. The highest BCUT2D eigenvalue weighted by Gasteiger charge is 2.35. The van der Waals surface area contributed by atoms with E-state index in [1.807, 2.05) is 26.1 Å². The molecule has 0 aliphatic carbocycles. The lowest BCUT2D eigenvalue weighted by molar-refractivity contribution is 0.194. The van der Waals surface area contributed by atoms with E-state index in [0.29, 0.717) is 13.1 Å². The lowest BCUT2D eigenvalue weighted by Crippen LogP contribution is -2.38. The summed E-state index contributed by atoms with van der Waals surface area (Å²) in [5.74, 6) is 0. The number of likely N-dealkylation sites (N-methyl/N-ethyl adjacent to an activating group) is 1. The Balaban J connectivity index is 2.14. The molecule has 2 atom stereocenters. The van der Waals surface area contributed by atoms with Gasteiger partial charge in [-0.3, -0.25) is 4.98 Å². The number of carbonyl (C=O) groups is 1. The van der Waals surface area contributed by atoms with Crippen molar-refractivity contribution in [3.8, 4) is 0 Å². The van der Waals surface area contributed by atoms with Gasteiger partial charge >= 0.3 is 6.03 Å². The molecule has 92 valence electrons. The van der Waals surface area contributed by atoms with E-state index in [2.05, 4.69) is 4.98 Å². The second-order valence-electron chi connectivity index (χ2n) is 4.57. The molecule has 1 fully saturated rings. The molecule has 2 rings (SSSR count). The Morgan fingerprint density at radius 3 is 2.76 bits per heavy atom. The van der Waals surface area contributed by atoms with E-state index in [1.54, 1.807) is 22.2 Å². The van der Waals surface area contributed by atoms with Crippen molar-refractivity contribution in [3.63, 3.8) is 0 Å². The first-order valence-corrected chi connectivity index (χ1v) is 5.77. The monoisotopic (exact) mass is 234 g/mol. The zero-order valence-corrected chi connectivity index (χ0v) is 10.2. The molecule has 1 aliphatic rings. The first-order chi connectivity index (χ1) is 8.09. The summed E-state index contributed by atoms with van der Waals surface area (Å²) in [6.45, 7) is 3.21. The third kappa shape index (κ3) is 2.39. The van der Waals surface area contributed by atoms with Crippen LogP contribution in [0.4, 0.5) is 4.79 Å². The summed E-state index contributed by atoms with van der Waals surface area (Å²) in [5.41, 5.74) is 6.86. The standard InChI is InChI=1S/C12H18N4O/c1-9(13)7-16-8-11(15(2)12(16)17)10-3-5-14-6-4-10/h3-6,9,11H,7-8,13H2,1-2H3. The quantitative estimate of drug-likeness (QED) is 0.843. The number of carbonyl (C=O) groups excluding carboxylic acids is 1. The molecule has 0 saturated carbocycles. The molecule has 1 aliphatic heterocycles. The van der Waals surface area contributed by atoms with Crippen molar-refractivity contribution in [2.45, 2.75) is 19.0 Å². The second-order valence-corrected chi connectivity index (χ2v) is 4.57. The fraction of sp³-hybridized carbons (Fsp3) is 0.500. The van der Waals surface area contributed by atoms with Gasteiger partial charge < -0.3 is 15.5 Å². The number of pyridine rings is 1. The zero-order valence-electron chi connectivity index (χ0n) is 10.2. The lowest BCUT2D eigenvalue weighted by atomic mass is 10.1. The maximum absolute atomic E-state index is 12.0. The molecule has 0 aromatic carbocycles. The van der Waals surface area contributed by atoms with E-state index >= 15 is 0 Å². The molecule has 2 N–H and O–H groups in total. The van der Waals surface area contributed by atoms with Crippen molar-refractivity contribution in [3.05, 3.63) is 30.1 Å². The summed E-state index contributed by atoms with van der Waals surface area (Å²) in [6, 6.07) is 4.05. The Bertz CT molecular complexity index is 393. The molecule has 1 saturated heterocycles. The summed E-state index contributed by atoms with van der Waals surface area (Å²) in [5, 5.41) is 0. The van der Waals surface area contributed by atoms with Gasteiger partial charge in [-0.1, -0.05) is 0 Å². The van der Waals surface area contributed by atoms with E-state index in [9.17, 15) is 4.79 Å². The number of rotatable bonds is 3. The van der Waals surface area contributed by atoms with Crippen molar-refractivity contribution in [2.24, 2.45) is 5.73 Å². The van der Waals surface area contributed by atoms with Crippen molar-refractivity contribution in [1.82, 2.24) is 14.8 Å². The van der Waals surface area contributed by atoms with Crippen LogP contribution in [0.25, 0.3) is 0 Å². The number of hydrogen-bond donors (Lipinski definition) is 1. The van der Waals surface area contributed by atoms with Crippen LogP contribution < -0.4 is 5.73 Å². The topological polar surface area (TPSA) is 62.5 Å². The predicted octanol–water partition coefficient (Wildman–Crippen LogP) is 0.837. The predicted molar refractivity (Wildman–Crippen MR) is 65.4 cm³/mol. The molecule has 17 heavy (non-hydrogen) atoms. The van der Waals surface area contributed by atoms with Gasteiger partial charge in [0.2, 0.25) is 0 Å². The molecule has 5 heteroatoms. The second kappa shape index (κ2) is 4.71. The first kappa shape index (κ1) is 11.9. The summed E-state index contributed by atoms with van der Waals surface area (Å²) >= 11 is 0. The molecule has 0 bridgehead atoms. The van der Waals surface area contributed by atoms with Gasteiger partial charge in [-0.2, -0.15) is 0 Å². The van der Waals surface area contributed by atoms with Crippen molar-refractivity contribution >= 4 is 6.03 Å². The molecule has 5 nitrogen and oxygen atoms in total. The summed E-state index contributed by atoms with van der Waals surface area (Å²) < 4.78 is 0. The van der Waals surface area contributed by atoms with Crippen LogP contribution in [0.5, 0.6) is 0 Å². The fourth-order valence-corrected chi connectivity index (χ4v) is 2.18. The highest BCUT2D eigenvalue weighted by molar-refractivity contribution is 5.77. The van der Waals surface area contributed by atoms with E-state index in [4.69, 9.17) is 5.73 Å². The first-order valence-electron chi connectivity index (χ1n) is 5.77. The van der Waals surface area contributed by atoms with Crippen LogP contribution in [0.15, 0.2) is 24.5 Å². The van der Waals surface area contributed by atoms with Gasteiger partial charge in [-0.15, -0.1) is 0 Å². The van der Waals surface area contributed by atoms with Crippen LogP contribution in [-0.2, 0) is 0 Å². The minimum absolute atomic E-state index is 0.00328. The van der Waals surface area contributed by atoms with Gasteiger partial charge in [0.15, 0.2) is 0 Å². The Labute approximate surface area is 101 Å². The molecule has 1 aromatic rings. The van der Waals surface area contributed by atoms with Crippen molar-refractivity contribution in [2.75, 3.05) is 20.1 Å². The Morgan fingerprint density at radius 1 is 1.53 bits per heavy atom. The van der Waals surface area contributed by atoms with Crippen LogP contribution in [0.3, 0.4) is 0 Å². The number of urea groups is 1. The molecule has 0 spiro atoms.